The van der Waals surface area contributed by atoms with Crippen molar-refractivity contribution in [2.45, 2.75) is 97.3 Å². The fraction of sp³-hybridized carbons (Fsp3) is 0.889. The summed E-state index contributed by atoms with van der Waals surface area (Å²) in [6, 6.07) is 0. The largest absolute Gasteiger partial charge is 0.273 e. The maximum Gasteiger partial charge on any atom is 0.243 e. The Hall–Kier alpha value is -0.860. The third kappa shape index (κ3) is 8.90. The van der Waals surface area contributed by atoms with Crippen LogP contribution in [-0.2, 0) is 4.79 Å². The Balaban J connectivity index is 2.05. The minimum Gasteiger partial charge on any atom is -0.273 e. The molecule has 0 aromatic rings. The molecule has 1 aliphatic carbocycles. The van der Waals surface area contributed by atoms with Crippen molar-refractivity contribution >= 4 is 11.6 Å². The van der Waals surface area contributed by atoms with E-state index >= 15 is 0 Å². The average molecular weight is 294 g/mol. The normalized spacial score (nSPS) is 17.0. The highest BCUT2D eigenvalue weighted by molar-refractivity contribution is 5.85. The number of unbranched alkanes of at least 4 members (excludes halogenated alkanes) is 6. The molecule has 1 aliphatic rings. The number of rotatable bonds is 10. The lowest BCUT2D eigenvalue weighted by Gasteiger charge is -2.19. The Kier molecular flexibility index (Phi) is 10.2. The molecule has 0 aromatic heterocycles. The molecule has 1 fully saturated rings. The van der Waals surface area contributed by atoms with Gasteiger partial charge >= 0.3 is 0 Å². The van der Waals surface area contributed by atoms with Crippen LogP contribution in [0.25, 0.3) is 0 Å². The lowest BCUT2D eigenvalue weighted by molar-refractivity contribution is -0.125. The fourth-order valence-electron chi connectivity index (χ4n) is 3.00. The van der Waals surface area contributed by atoms with Crippen LogP contribution < -0.4 is 5.43 Å². The molecular formula is C18H34N2O. The van der Waals surface area contributed by atoms with Crippen LogP contribution in [0.1, 0.15) is 97.3 Å². The van der Waals surface area contributed by atoms with Gasteiger partial charge < -0.3 is 0 Å². The van der Waals surface area contributed by atoms with Gasteiger partial charge in [0, 0.05) is 11.6 Å². The summed E-state index contributed by atoms with van der Waals surface area (Å²) in [5.74, 6) is 0.336. The second-order valence-corrected chi connectivity index (χ2v) is 6.53. The Morgan fingerprint density at radius 2 is 1.62 bits per heavy atom. The summed E-state index contributed by atoms with van der Waals surface area (Å²) in [6.45, 7) is 4.28. The third-order valence-electron chi connectivity index (χ3n) is 4.48. The minimum atomic E-state index is 0.133. The van der Waals surface area contributed by atoms with E-state index in [9.17, 15) is 4.79 Å². The topological polar surface area (TPSA) is 41.5 Å². The number of carbonyl (C=O) groups excluding carboxylic acids is 1. The van der Waals surface area contributed by atoms with Gasteiger partial charge in [0.15, 0.2) is 0 Å². The lowest BCUT2D eigenvalue weighted by atomic mass is 9.89. The van der Waals surface area contributed by atoms with Crippen molar-refractivity contribution in [3.63, 3.8) is 0 Å². The van der Waals surface area contributed by atoms with E-state index in [1.807, 2.05) is 6.92 Å². The number of hydrazone groups is 1. The molecule has 0 spiro atoms. The second kappa shape index (κ2) is 11.8. The molecule has 0 heterocycles. The standard InChI is InChI=1S/C18H34N2O/c1-3-4-5-6-7-8-10-13-16(2)19-20-18(21)17-14-11-9-12-15-17/h17H,3-15H2,1-2H3,(H,20,21)/b19-16-. The van der Waals surface area contributed by atoms with Gasteiger partial charge in [-0.3, -0.25) is 4.79 Å². The number of nitrogens with zero attached hydrogens (tertiary/aromatic N) is 1. The van der Waals surface area contributed by atoms with Crippen molar-refractivity contribution in [2.75, 3.05) is 0 Å². The Bertz CT molecular complexity index is 306. The predicted octanol–water partition coefficient (Wildman–Crippen LogP) is 5.20. The van der Waals surface area contributed by atoms with Gasteiger partial charge in [0.2, 0.25) is 5.91 Å². The first-order valence-electron chi connectivity index (χ1n) is 9.07. The van der Waals surface area contributed by atoms with Gasteiger partial charge in [-0.05, 0) is 32.6 Å². The number of carbonyl (C=O) groups is 1. The summed E-state index contributed by atoms with van der Waals surface area (Å²) in [5.41, 5.74) is 3.83. The van der Waals surface area contributed by atoms with Gasteiger partial charge in [0.25, 0.3) is 0 Å². The van der Waals surface area contributed by atoms with E-state index in [4.69, 9.17) is 0 Å². The number of nitrogens with one attached hydrogen (secondary N) is 1. The van der Waals surface area contributed by atoms with Crippen LogP contribution in [-0.4, -0.2) is 11.6 Å². The Morgan fingerprint density at radius 3 is 2.29 bits per heavy atom. The molecule has 0 aromatic carbocycles. The smallest absolute Gasteiger partial charge is 0.243 e. The Labute approximate surface area is 131 Å². The monoisotopic (exact) mass is 294 g/mol. The molecule has 1 N–H and O–H groups in total. The van der Waals surface area contributed by atoms with E-state index in [2.05, 4.69) is 17.5 Å². The zero-order valence-electron chi connectivity index (χ0n) is 14.1. The van der Waals surface area contributed by atoms with Crippen LogP contribution in [0, 0.1) is 5.92 Å². The molecule has 1 amide bonds. The highest BCUT2D eigenvalue weighted by atomic mass is 16.2. The molecule has 21 heavy (non-hydrogen) atoms. The maximum absolute atomic E-state index is 12.0. The van der Waals surface area contributed by atoms with Crippen molar-refractivity contribution < 1.29 is 4.79 Å². The van der Waals surface area contributed by atoms with E-state index in [-0.39, 0.29) is 11.8 Å². The van der Waals surface area contributed by atoms with Crippen LogP contribution in [0.3, 0.4) is 0 Å². The highest BCUT2D eigenvalue weighted by Crippen LogP contribution is 2.23. The molecule has 1 rings (SSSR count). The molecule has 0 saturated heterocycles. The van der Waals surface area contributed by atoms with Crippen LogP contribution in [0.5, 0.6) is 0 Å². The lowest BCUT2D eigenvalue weighted by Crippen LogP contribution is -2.29. The van der Waals surface area contributed by atoms with E-state index < -0.39 is 0 Å². The molecular weight excluding hydrogens is 260 g/mol. The summed E-state index contributed by atoms with van der Waals surface area (Å²) in [7, 11) is 0. The summed E-state index contributed by atoms with van der Waals surface area (Å²) in [4.78, 5) is 12.0. The zero-order valence-corrected chi connectivity index (χ0v) is 14.1. The first-order chi connectivity index (χ1) is 10.2. The van der Waals surface area contributed by atoms with Crippen LogP contribution >= 0.6 is 0 Å². The molecule has 122 valence electrons. The molecule has 1 saturated carbocycles. The first-order valence-corrected chi connectivity index (χ1v) is 9.07. The Morgan fingerprint density at radius 1 is 1.00 bits per heavy atom. The predicted molar refractivity (Wildman–Crippen MR) is 90.4 cm³/mol. The molecule has 0 bridgehead atoms. The van der Waals surface area contributed by atoms with E-state index in [1.165, 1.54) is 64.2 Å². The van der Waals surface area contributed by atoms with Gasteiger partial charge in [-0.1, -0.05) is 64.7 Å². The minimum absolute atomic E-state index is 0.133. The molecule has 0 atom stereocenters. The van der Waals surface area contributed by atoms with Crippen molar-refractivity contribution in [2.24, 2.45) is 11.0 Å². The average Bonchev–Trinajstić information content (AvgIpc) is 2.52. The SMILES string of the molecule is CCCCCCCCC/C(C)=N\NC(=O)C1CCCCC1. The summed E-state index contributed by atoms with van der Waals surface area (Å²) < 4.78 is 0. The number of amides is 1. The quantitative estimate of drug-likeness (QED) is 0.336. The molecule has 3 heteroatoms. The van der Waals surface area contributed by atoms with Crippen LogP contribution in [0.2, 0.25) is 0 Å². The van der Waals surface area contributed by atoms with Crippen molar-refractivity contribution in [3.8, 4) is 0 Å². The fourth-order valence-corrected chi connectivity index (χ4v) is 3.00. The van der Waals surface area contributed by atoms with Crippen LogP contribution in [0.15, 0.2) is 5.10 Å². The van der Waals surface area contributed by atoms with Crippen molar-refractivity contribution in [1.29, 1.82) is 0 Å². The maximum atomic E-state index is 12.0. The highest BCUT2D eigenvalue weighted by Gasteiger charge is 2.20. The van der Waals surface area contributed by atoms with Crippen molar-refractivity contribution in [1.82, 2.24) is 5.43 Å². The number of hydrogen-bond acceptors (Lipinski definition) is 2. The molecule has 0 radical (unpaired) electrons. The van der Waals surface area contributed by atoms with Gasteiger partial charge in [-0.25, -0.2) is 5.43 Å². The van der Waals surface area contributed by atoms with Gasteiger partial charge in [-0.2, -0.15) is 5.10 Å². The van der Waals surface area contributed by atoms with Gasteiger partial charge in [-0.15, -0.1) is 0 Å². The molecule has 3 nitrogen and oxygen atoms in total. The zero-order chi connectivity index (χ0) is 15.3. The van der Waals surface area contributed by atoms with Gasteiger partial charge in [0.1, 0.15) is 0 Å². The summed E-state index contributed by atoms with van der Waals surface area (Å²) in [5, 5.41) is 4.26. The third-order valence-corrected chi connectivity index (χ3v) is 4.48. The molecule has 0 unspecified atom stereocenters. The summed E-state index contributed by atoms with van der Waals surface area (Å²) in [6.07, 6.45) is 16.0. The van der Waals surface area contributed by atoms with E-state index in [1.54, 1.807) is 0 Å². The summed E-state index contributed by atoms with van der Waals surface area (Å²) >= 11 is 0. The van der Waals surface area contributed by atoms with Crippen LogP contribution in [0.4, 0.5) is 0 Å². The van der Waals surface area contributed by atoms with Gasteiger partial charge in [0.05, 0.1) is 0 Å². The molecule has 0 aliphatic heterocycles. The van der Waals surface area contributed by atoms with E-state index in [0.717, 1.165) is 25.0 Å². The first kappa shape index (κ1) is 18.2. The van der Waals surface area contributed by atoms with E-state index in [0.29, 0.717) is 0 Å². The number of hydrogen-bond donors (Lipinski definition) is 1. The van der Waals surface area contributed by atoms with Crippen molar-refractivity contribution in [3.05, 3.63) is 0 Å². The second-order valence-electron chi connectivity index (χ2n) is 6.53.